The van der Waals surface area contributed by atoms with Crippen LogP contribution in [0.1, 0.15) is 36.8 Å². The van der Waals surface area contributed by atoms with Crippen LogP contribution >= 0.6 is 11.3 Å². The molecule has 3 aliphatic heterocycles. The maximum Gasteiger partial charge on any atom is 0.416 e. The molecule has 9 nitrogen and oxygen atoms in total. The molecule has 1 aromatic heterocycles. The normalized spacial score (nSPS) is 22.0. The molecule has 2 saturated heterocycles. The van der Waals surface area contributed by atoms with Gasteiger partial charge in [-0.15, -0.1) is 11.3 Å². The zero-order valence-electron chi connectivity index (χ0n) is 20.4. The number of benzene rings is 1. The van der Waals surface area contributed by atoms with Gasteiger partial charge in [-0.1, -0.05) is 23.4 Å². The Labute approximate surface area is 222 Å². The molecular weight excluding hydrogens is 545 g/mol. The lowest BCUT2D eigenvalue weighted by molar-refractivity contribution is -0.137. The Morgan fingerprint density at radius 2 is 1.87 bits per heavy atom. The highest BCUT2D eigenvalue weighted by atomic mass is 32.2. The lowest BCUT2D eigenvalue weighted by atomic mass is 9.88. The fourth-order valence-electron chi connectivity index (χ4n) is 4.64. The summed E-state index contributed by atoms with van der Waals surface area (Å²) < 4.78 is 63.6. The molecule has 1 aromatic carbocycles. The number of piperidine rings is 1. The zero-order valence-corrected chi connectivity index (χ0v) is 22.1. The van der Waals surface area contributed by atoms with E-state index in [0.29, 0.717) is 36.7 Å². The van der Waals surface area contributed by atoms with E-state index in [0.717, 1.165) is 37.2 Å². The topological polar surface area (TPSA) is 126 Å². The number of carboxylic acids is 1. The number of aliphatic carboxylic acids is 1. The van der Waals surface area contributed by atoms with Gasteiger partial charge in [0.2, 0.25) is 0 Å². The number of oxime groups is 1. The van der Waals surface area contributed by atoms with E-state index in [2.05, 4.69) is 10.1 Å². The summed E-state index contributed by atoms with van der Waals surface area (Å²) in [7, 11) is -3.45. The Morgan fingerprint density at radius 1 is 1.18 bits per heavy atom. The second-order valence-electron chi connectivity index (χ2n) is 9.61. The summed E-state index contributed by atoms with van der Waals surface area (Å²) in [5.41, 5.74) is 5.41. The van der Waals surface area contributed by atoms with Crippen LogP contribution in [0.3, 0.4) is 0 Å². The van der Waals surface area contributed by atoms with Gasteiger partial charge < -0.3 is 15.7 Å². The van der Waals surface area contributed by atoms with E-state index in [1.807, 2.05) is 0 Å². The van der Waals surface area contributed by atoms with Gasteiger partial charge in [0.25, 0.3) is 10.0 Å². The number of likely N-dealkylation sites (tertiary alicyclic amines) is 1. The molecule has 0 saturated carbocycles. The average Bonchev–Trinajstić information content (AvgIpc) is 3.62. The van der Waals surface area contributed by atoms with E-state index in [-0.39, 0.29) is 18.2 Å². The number of rotatable bonds is 5. The number of halogens is 3. The van der Waals surface area contributed by atoms with E-state index < -0.39 is 33.3 Å². The Balaban J connectivity index is 0.000000181. The summed E-state index contributed by atoms with van der Waals surface area (Å²) in [6.45, 7) is 3.03. The SMILES string of the molecule is NC1CCN(Cc2ccc(C(F)(F)F)cc2)C1.O=C(O)C1=NOC2(CCN(S(=O)(=O)c3cccs3)CC2)C1. The first-order valence-electron chi connectivity index (χ1n) is 12.0. The molecule has 0 amide bonds. The van der Waals surface area contributed by atoms with Crippen LogP contribution in [0.5, 0.6) is 0 Å². The maximum atomic E-state index is 12.4. The van der Waals surface area contributed by atoms with Crippen molar-refractivity contribution in [3.8, 4) is 0 Å². The van der Waals surface area contributed by atoms with E-state index in [4.69, 9.17) is 15.7 Å². The number of sulfonamides is 1. The van der Waals surface area contributed by atoms with Gasteiger partial charge in [-0.2, -0.15) is 17.5 Å². The van der Waals surface area contributed by atoms with Crippen molar-refractivity contribution in [1.82, 2.24) is 9.21 Å². The minimum absolute atomic E-state index is 0.00423. The molecule has 0 bridgehead atoms. The number of nitrogens with zero attached hydrogens (tertiary/aromatic N) is 3. The van der Waals surface area contributed by atoms with Crippen molar-refractivity contribution in [2.24, 2.45) is 10.9 Å². The van der Waals surface area contributed by atoms with E-state index in [1.165, 1.54) is 27.8 Å². The summed E-state index contributed by atoms with van der Waals surface area (Å²) in [4.78, 5) is 18.3. The summed E-state index contributed by atoms with van der Waals surface area (Å²) in [6, 6.07) is 8.82. The van der Waals surface area contributed by atoms with Crippen LogP contribution in [0, 0.1) is 0 Å². The van der Waals surface area contributed by atoms with Crippen molar-refractivity contribution in [2.75, 3.05) is 26.2 Å². The Bertz CT molecular complexity index is 1240. The van der Waals surface area contributed by atoms with Crippen molar-refractivity contribution >= 4 is 33.0 Å². The monoisotopic (exact) mass is 574 g/mol. The smallest absolute Gasteiger partial charge is 0.416 e. The molecule has 2 fully saturated rings. The van der Waals surface area contributed by atoms with Gasteiger partial charge in [0.15, 0.2) is 5.71 Å². The molecule has 1 spiro atoms. The largest absolute Gasteiger partial charge is 0.477 e. The number of thiophene rings is 1. The lowest BCUT2D eigenvalue weighted by Crippen LogP contribution is -2.46. The Morgan fingerprint density at radius 3 is 2.37 bits per heavy atom. The summed E-state index contributed by atoms with van der Waals surface area (Å²) in [5.74, 6) is -1.08. The number of alkyl halides is 3. The maximum absolute atomic E-state index is 12.4. The highest BCUT2D eigenvalue weighted by Crippen LogP contribution is 2.36. The van der Waals surface area contributed by atoms with Crippen LogP contribution in [0.4, 0.5) is 13.2 Å². The molecule has 1 atom stereocenters. The molecule has 2 aromatic rings. The molecule has 4 heterocycles. The Hall–Kier alpha value is -2.52. The number of carbonyl (C=O) groups is 1. The minimum Gasteiger partial charge on any atom is -0.477 e. The fourth-order valence-corrected chi connectivity index (χ4v) is 7.23. The van der Waals surface area contributed by atoms with Gasteiger partial charge in [0.1, 0.15) is 9.81 Å². The van der Waals surface area contributed by atoms with Crippen molar-refractivity contribution < 1.29 is 36.3 Å². The third kappa shape index (κ3) is 6.72. The molecule has 3 aliphatic rings. The van der Waals surface area contributed by atoms with Gasteiger partial charge >= 0.3 is 12.1 Å². The second-order valence-corrected chi connectivity index (χ2v) is 12.7. The third-order valence-electron chi connectivity index (χ3n) is 6.81. The highest BCUT2D eigenvalue weighted by molar-refractivity contribution is 7.91. The number of hydrogen-bond donors (Lipinski definition) is 2. The quantitative estimate of drug-likeness (QED) is 0.561. The lowest BCUT2D eigenvalue weighted by Gasteiger charge is -2.36. The Kier molecular flexibility index (Phi) is 8.47. The molecular formula is C24H29F3N4O5S2. The average molecular weight is 575 g/mol. The van der Waals surface area contributed by atoms with Crippen molar-refractivity contribution in [3.63, 3.8) is 0 Å². The first-order valence-corrected chi connectivity index (χ1v) is 14.4. The molecule has 5 rings (SSSR count). The van der Waals surface area contributed by atoms with Gasteiger partial charge in [0.05, 0.1) is 5.56 Å². The summed E-state index contributed by atoms with van der Waals surface area (Å²) >= 11 is 1.19. The van der Waals surface area contributed by atoms with E-state index in [9.17, 15) is 26.4 Å². The molecule has 1 unspecified atom stereocenters. The first kappa shape index (κ1) is 28.5. The van der Waals surface area contributed by atoms with E-state index >= 15 is 0 Å². The standard InChI is InChI=1S/C12H15F3N2.C12H14N2O5S2/c13-12(14,15)10-3-1-9(2-4-10)7-17-6-5-11(16)8-17;15-11(16)9-8-12(19-13-9)3-5-14(6-4-12)21(17,18)10-2-1-7-20-10/h1-4,11H,5-8,16H2;1-2,7H,3-6,8H2,(H,15,16). The highest BCUT2D eigenvalue weighted by Gasteiger charge is 2.46. The van der Waals surface area contributed by atoms with Crippen molar-refractivity contribution in [3.05, 3.63) is 52.9 Å². The molecule has 3 N–H and O–H groups in total. The van der Waals surface area contributed by atoms with Gasteiger partial charge in [-0.25, -0.2) is 13.2 Å². The number of carboxylic acid groups (broad SMARTS) is 1. The number of nitrogens with two attached hydrogens (primary N) is 1. The van der Waals surface area contributed by atoms with Gasteiger partial charge in [-0.3, -0.25) is 4.90 Å². The van der Waals surface area contributed by atoms with E-state index in [1.54, 1.807) is 17.5 Å². The van der Waals surface area contributed by atoms with Crippen LogP contribution in [0.2, 0.25) is 0 Å². The van der Waals surface area contributed by atoms with Crippen LogP contribution in [0.15, 0.2) is 51.1 Å². The zero-order chi connectivity index (χ0) is 27.6. The number of hydrogen-bond acceptors (Lipinski definition) is 8. The first-order chi connectivity index (χ1) is 17.9. The predicted molar refractivity (Wildman–Crippen MR) is 135 cm³/mol. The molecule has 0 aliphatic carbocycles. The van der Waals surface area contributed by atoms with Gasteiger partial charge in [-0.05, 0) is 35.6 Å². The summed E-state index contributed by atoms with van der Waals surface area (Å²) in [6.07, 6.45) is -2.18. The third-order valence-corrected chi connectivity index (χ3v) is 10.1. The van der Waals surface area contributed by atoms with Crippen molar-refractivity contribution in [2.45, 2.75) is 54.3 Å². The van der Waals surface area contributed by atoms with Crippen LogP contribution < -0.4 is 5.73 Å². The molecule has 14 heteroatoms. The summed E-state index contributed by atoms with van der Waals surface area (Å²) in [5, 5.41) is 14.2. The molecule has 0 radical (unpaired) electrons. The van der Waals surface area contributed by atoms with Gasteiger partial charge in [0, 0.05) is 58.0 Å². The minimum atomic E-state index is -4.26. The van der Waals surface area contributed by atoms with Crippen LogP contribution in [-0.2, 0) is 32.4 Å². The fraction of sp³-hybridized carbons (Fsp3) is 0.500. The molecule has 38 heavy (non-hydrogen) atoms. The predicted octanol–water partition coefficient (Wildman–Crippen LogP) is 3.37. The van der Waals surface area contributed by atoms with Crippen LogP contribution in [0.25, 0.3) is 0 Å². The molecule has 208 valence electrons. The van der Waals surface area contributed by atoms with Crippen molar-refractivity contribution in [1.29, 1.82) is 0 Å². The van der Waals surface area contributed by atoms with Crippen LogP contribution in [-0.4, -0.2) is 72.2 Å². The second kappa shape index (κ2) is 11.3.